The van der Waals surface area contributed by atoms with E-state index in [-0.39, 0.29) is 54.7 Å². The number of halogens is 7. The van der Waals surface area contributed by atoms with Crippen LogP contribution in [0.3, 0.4) is 0 Å². The number of nitrogens with two attached hydrogens (primary N) is 1. The van der Waals surface area contributed by atoms with Gasteiger partial charge < -0.3 is 34.8 Å². The molecule has 3 amide bonds. The van der Waals surface area contributed by atoms with Crippen LogP contribution in [-0.4, -0.2) is 115 Å². The van der Waals surface area contributed by atoms with Gasteiger partial charge in [-0.15, -0.1) is 0 Å². The van der Waals surface area contributed by atoms with Crippen molar-refractivity contribution >= 4 is 23.4 Å². The summed E-state index contributed by atoms with van der Waals surface area (Å²) in [6.45, 7) is 1.73. The minimum absolute atomic E-state index is 0.0301. The molecule has 3 aromatic carbocycles. The fourth-order valence-electron chi connectivity index (χ4n) is 9.07. The number of benzene rings is 3. The zero-order chi connectivity index (χ0) is 46.0. The van der Waals surface area contributed by atoms with Crippen LogP contribution >= 0.6 is 0 Å². The van der Waals surface area contributed by atoms with E-state index >= 15 is 0 Å². The number of anilines is 1. The van der Waals surface area contributed by atoms with Crippen molar-refractivity contribution < 1.29 is 54.6 Å². The third-order valence-electron chi connectivity index (χ3n) is 12.8. The molecule has 0 saturated carbocycles. The normalized spacial score (nSPS) is 19.8. The topological polar surface area (TPSA) is 122 Å². The molecule has 2 aliphatic heterocycles. The maximum atomic E-state index is 14.1. The van der Waals surface area contributed by atoms with Crippen LogP contribution in [0.15, 0.2) is 85.1 Å². The first-order chi connectivity index (χ1) is 30.3. The van der Waals surface area contributed by atoms with Crippen molar-refractivity contribution in [2.45, 2.75) is 61.6 Å². The molecular weight excluding hydrogens is 850 g/mol. The van der Waals surface area contributed by atoms with Crippen LogP contribution in [0.25, 0.3) is 0 Å². The molecule has 64 heavy (non-hydrogen) atoms. The highest BCUT2D eigenvalue weighted by molar-refractivity contribution is 5.95. The second kappa shape index (κ2) is 18.5. The number of rotatable bonds is 13. The van der Waals surface area contributed by atoms with Gasteiger partial charge in [0.2, 0.25) is 5.91 Å². The zero-order valence-corrected chi connectivity index (χ0v) is 35.4. The van der Waals surface area contributed by atoms with E-state index in [0.29, 0.717) is 81.8 Å². The summed E-state index contributed by atoms with van der Waals surface area (Å²) in [7, 11) is 3.37. The monoisotopic (exact) mass is 898 g/mol. The molecule has 342 valence electrons. The quantitative estimate of drug-likeness (QED) is 0.141. The van der Waals surface area contributed by atoms with Crippen LogP contribution in [-0.2, 0) is 44.1 Å². The highest BCUT2D eigenvalue weighted by atomic mass is 19.4. The van der Waals surface area contributed by atoms with Gasteiger partial charge in [-0.3, -0.25) is 14.4 Å². The largest absolute Gasteiger partial charge is 0.416 e. The predicted molar refractivity (Wildman–Crippen MR) is 221 cm³/mol. The molecule has 0 radical (unpaired) electrons. The lowest BCUT2D eigenvalue weighted by Gasteiger charge is -2.44. The number of likely N-dealkylation sites (N-methyl/N-ethyl adjacent to an activating group) is 1. The van der Waals surface area contributed by atoms with E-state index in [1.165, 1.54) is 36.0 Å². The van der Waals surface area contributed by atoms with Gasteiger partial charge in [0.15, 0.2) is 0 Å². The number of alkyl halides is 6. The number of ether oxygens (including phenoxy) is 2. The van der Waals surface area contributed by atoms with Crippen molar-refractivity contribution in [2.75, 3.05) is 72.4 Å². The lowest BCUT2D eigenvalue weighted by Crippen LogP contribution is -2.50. The summed E-state index contributed by atoms with van der Waals surface area (Å²) in [5, 5.41) is 0. The molecule has 0 unspecified atom stereocenters. The van der Waals surface area contributed by atoms with Crippen molar-refractivity contribution in [2.24, 2.45) is 0 Å². The molecule has 4 aromatic rings. The Morgan fingerprint density at radius 3 is 2.19 bits per heavy atom. The van der Waals surface area contributed by atoms with Crippen LogP contribution in [0.2, 0.25) is 0 Å². The number of pyridine rings is 1. The van der Waals surface area contributed by atoms with Gasteiger partial charge >= 0.3 is 12.4 Å². The predicted octanol–water partition coefficient (Wildman–Crippen LogP) is 7.15. The van der Waals surface area contributed by atoms with Crippen LogP contribution < -0.4 is 5.73 Å². The molecule has 2 saturated heterocycles. The molecule has 11 nitrogen and oxygen atoms in total. The minimum atomic E-state index is -5.13. The Bertz CT molecular complexity index is 2290. The van der Waals surface area contributed by atoms with E-state index in [9.17, 15) is 45.1 Å². The Balaban J connectivity index is 0.983. The maximum absolute atomic E-state index is 14.1. The Morgan fingerprint density at radius 1 is 0.891 bits per heavy atom. The number of fused-ring (bicyclic) bond motifs is 2. The lowest BCUT2D eigenvalue weighted by molar-refractivity contribution is -0.143. The average molecular weight is 899 g/mol. The van der Waals surface area contributed by atoms with Crippen LogP contribution in [0.5, 0.6) is 0 Å². The first-order valence-corrected chi connectivity index (χ1v) is 20.9. The molecule has 3 aliphatic rings. The number of likely N-dealkylation sites (tertiary alicyclic amines) is 1. The number of hydrogen-bond donors (Lipinski definition) is 1. The molecule has 2 atom stereocenters. The molecule has 1 spiro atoms. The van der Waals surface area contributed by atoms with Crippen molar-refractivity contribution in [3.8, 4) is 0 Å². The Morgan fingerprint density at radius 2 is 1.55 bits per heavy atom. The van der Waals surface area contributed by atoms with E-state index in [2.05, 4.69) is 22.0 Å². The molecule has 18 heteroatoms. The SMILES string of the molecule is CN(CCCN(C)C(=O)c1ccc(N)cn1)C(=O)CO[C@H]1Cc2ccccc2C12CCN(CC[C@]1(c3ccc(F)cc3)CN(C(=O)c3cc(C(F)(F)F)cc(C(F)(F)F)c3)CO1)CC2. The number of aromatic nitrogens is 1. The Labute approximate surface area is 365 Å². The summed E-state index contributed by atoms with van der Waals surface area (Å²) >= 11 is 0. The van der Waals surface area contributed by atoms with Crippen LogP contribution in [0.4, 0.5) is 36.4 Å². The molecule has 2 N–H and O–H groups in total. The standard InChI is InChI=1S/C46H49F7N6O5/c1-56(17-5-18-57(2)42(62)38-13-12-36(54)26-55-38)40(60)27-63-39-24-30-6-3-4-7-37(30)43(39)14-19-58(20-15-43)21-16-44(32-8-10-35(47)11-9-32)28-59(29-64-44)41(61)31-22-33(45(48,49)50)25-34(23-31)46(51,52)53/h3-4,6-13,22-23,25-26,39H,5,14-21,24,27-29,54H2,1-2H3/t39-,44+/m0/s1. The Hall–Kier alpha value is -5.59. The first kappa shape index (κ1) is 46.4. The third kappa shape index (κ3) is 10.0. The summed E-state index contributed by atoms with van der Waals surface area (Å²) in [6, 6.07) is 17.5. The molecule has 7 rings (SSSR count). The van der Waals surface area contributed by atoms with Gasteiger partial charge in [0, 0.05) is 44.7 Å². The summed E-state index contributed by atoms with van der Waals surface area (Å²) in [4.78, 5) is 50.2. The average Bonchev–Trinajstić information content (AvgIpc) is 3.84. The molecule has 2 fully saturated rings. The smallest absolute Gasteiger partial charge is 0.397 e. The van der Waals surface area contributed by atoms with Crippen molar-refractivity contribution in [1.82, 2.24) is 24.6 Å². The number of nitrogen functional groups attached to an aromatic ring is 1. The fourth-order valence-corrected chi connectivity index (χ4v) is 9.07. The first-order valence-electron chi connectivity index (χ1n) is 20.9. The van der Waals surface area contributed by atoms with E-state index in [4.69, 9.17) is 15.2 Å². The van der Waals surface area contributed by atoms with E-state index in [1.807, 2.05) is 12.1 Å². The number of carbonyl (C=O) groups is 3. The number of nitrogens with zero attached hydrogens (tertiary/aromatic N) is 5. The van der Waals surface area contributed by atoms with Gasteiger partial charge in [-0.2, -0.15) is 26.3 Å². The highest BCUT2D eigenvalue weighted by Crippen LogP contribution is 2.48. The molecule has 1 aromatic heterocycles. The second-order valence-corrected chi connectivity index (χ2v) is 16.9. The number of hydrogen-bond acceptors (Lipinski definition) is 8. The highest BCUT2D eigenvalue weighted by Gasteiger charge is 2.50. The van der Waals surface area contributed by atoms with Crippen LogP contribution in [0.1, 0.15) is 74.3 Å². The molecule has 3 heterocycles. The van der Waals surface area contributed by atoms with E-state index < -0.39 is 53.1 Å². The number of amides is 3. The zero-order valence-electron chi connectivity index (χ0n) is 35.4. The van der Waals surface area contributed by atoms with Gasteiger partial charge in [0.25, 0.3) is 11.8 Å². The summed E-state index contributed by atoms with van der Waals surface area (Å²) < 4.78 is 109. The second-order valence-electron chi connectivity index (χ2n) is 16.9. The third-order valence-corrected chi connectivity index (χ3v) is 12.8. The van der Waals surface area contributed by atoms with Gasteiger partial charge in [0.05, 0.1) is 35.7 Å². The molecular formula is C46H49F7N6O5. The van der Waals surface area contributed by atoms with E-state index in [1.54, 1.807) is 36.0 Å². The van der Waals surface area contributed by atoms with Crippen molar-refractivity contribution in [3.05, 3.63) is 130 Å². The molecule has 0 bridgehead atoms. The van der Waals surface area contributed by atoms with Gasteiger partial charge in [-0.05, 0) is 104 Å². The minimum Gasteiger partial charge on any atom is -0.397 e. The lowest BCUT2D eigenvalue weighted by atomic mass is 9.72. The van der Waals surface area contributed by atoms with E-state index in [0.717, 1.165) is 10.5 Å². The summed E-state index contributed by atoms with van der Waals surface area (Å²) in [5.41, 5.74) is 3.61. The summed E-state index contributed by atoms with van der Waals surface area (Å²) in [5.74, 6) is -2.04. The Kier molecular flexibility index (Phi) is 13.4. The van der Waals surface area contributed by atoms with Crippen molar-refractivity contribution in [3.63, 3.8) is 0 Å². The van der Waals surface area contributed by atoms with Crippen molar-refractivity contribution in [1.29, 1.82) is 0 Å². The maximum Gasteiger partial charge on any atom is 0.416 e. The van der Waals surface area contributed by atoms with Gasteiger partial charge in [-0.25, -0.2) is 9.37 Å². The summed E-state index contributed by atoms with van der Waals surface area (Å²) in [6.07, 6.45) is -6.32. The fraction of sp³-hybridized carbons (Fsp3) is 0.435. The molecule has 1 aliphatic carbocycles. The van der Waals surface area contributed by atoms with Gasteiger partial charge in [0.1, 0.15) is 30.4 Å². The van der Waals surface area contributed by atoms with Gasteiger partial charge in [-0.1, -0.05) is 36.4 Å². The number of carbonyl (C=O) groups excluding carboxylic acids is 3. The van der Waals surface area contributed by atoms with Crippen LogP contribution in [0, 0.1) is 5.82 Å². The number of piperidine rings is 1.